The van der Waals surface area contributed by atoms with Crippen molar-refractivity contribution in [3.63, 3.8) is 0 Å². The molecule has 0 amide bonds. The van der Waals surface area contributed by atoms with Crippen LogP contribution in [0.25, 0.3) is 0 Å². The molecule has 0 aromatic heterocycles. The monoisotopic (exact) mass is 455 g/mol. The van der Waals surface area contributed by atoms with E-state index in [1.165, 1.54) is 5.56 Å². The fourth-order valence-electron chi connectivity index (χ4n) is 4.06. The van der Waals surface area contributed by atoms with Crippen molar-refractivity contribution in [2.24, 2.45) is 4.51 Å². The first-order valence-electron chi connectivity index (χ1n) is 11.1. The Labute approximate surface area is 196 Å². The summed E-state index contributed by atoms with van der Waals surface area (Å²) in [5, 5.41) is 10.9. The van der Waals surface area contributed by atoms with Crippen molar-refractivity contribution in [3.05, 3.63) is 64.7 Å². The summed E-state index contributed by atoms with van der Waals surface area (Å²) in [6.07, 6.45) is 0. The Bertz CT molecular complexity index is 969. The highest BCUT2D eigenvalue weighted by molar-refractivity contribution is 6.19. The van der Waals surface area contributed by atoms with Gasteiger partial charge in [0.25, 0.3) is 0 Å². The number of phenolic OH excluding ortho intramolecular Hbond substituents is 1. The van der Waals surface area contributed by atoms with Gasteiger partial charge in [0.2, 0.25) is 5.96 Å². The van der Waals surface area contributed by atoms with Gasteiger partial charge < -0.3 is 14.9 Å². The second-order valence-corrected chi connectivity index (χ2v) is 10.7. The first kappa shape index (κ1) is 24.1. The van der Waals surface area contributed by atoms with Gasteiger partial charge in [0, 0.05) is 48.1 Å². The van der Waals surface area contributed by atoms with Crippen molar-refractivity contribution in [3.8, 4) is 5.75 Å². The van der Waals surface area contributed by atoms with Crippen molar-refractivity contribution in [1.29, 1.82) is 0 Å². The molecule has 0 aliphatic carbocycles. The van der Waals surface area contributed by atoms with Crippen molar-refractivity contribution in [1.82, 2.24) is 9.80 Å². The van der Waals surface area contributed by atoms with E-state index < -0.39 is 0 Å². The molecule has 1 fully saturated rings. The van der Waals surface area contributed by atoms with Crippen LogP contribution in [-0.4, -0.2) is 46.3 Å². The Morgan fingerprint density at radius 2 is 1.50 bits per heavy atom. The molecule has 2 aromatic carbocycles. The molecule has 1 aliphatic heterocycles. The lowest BCUT2D eigenvalue weighted by Gasteiger charge is -2.28. The third kappa shape index (κ3) is 5.26. The Morgan fingerprint density at radius 3 is 2.00 bits per heavy atom. The Kier molecular flexibility index (Phi) is 6.89. The van der Waals surface area contributed by atoms with Gasteiger partial charge in [0.15, 0.2) is 5.78 Å². The topological polar surface area (TPSA) is 56.1 Å². The lowest BCUT2D eigenvalue weighted by atomic mass is 9.78. The molecule has 0 radical (unpaired) electrons. The smallest absolute Gasteiger partial charge is 0.215 e. The number of carbonyl (C=O) groups is 1. The largest absolute Gasteiger partial charge is 0.507 e. The third-order valence-corrected chi connectivity index (χ3v) is 6.03. The van der Waals surface area contributed by atoms with Crippen molar-refractivity contribution in [2.75, 3.05) is 19.6 Å². The highest BCUT2D eigenvalue weighted by Gasteiger charge is 2.31. The average molecular weight is 456 g/mol. The number of carbonyl (C=O) groups excluding carboxylic acids is 1. The molecule has 1 heterocycles. The van der Waals surface area contributed by atoms with Crippen molar-refractivity contribution >= 4 is 23.5 Å². The highest BCUT2D eigenvalue weighted by Crippen LogP contribution is 2.40. The predicted molar refractivity (Wildman–Crippen MR) is 132 cm³/mol. The first-order valence-corrected chi connectivity index (χ1v) is 11.4. The lowest BCUT2D eigenvalue weighted by Crippen LogP contribution is -2.36. The number of aromatic hydroxyl groups is 1. The zero-order valence-electron chi connectivity index (χ0n) is 19.9. The molecule has 2 aromatic rings. The molecule has 0 bridgehead atoms. The van der Waals surface area contributed by atoms with E-state index >= 15 is 0 Å². The molecule has 1 N–H and O–H groups in total. The maximum atomic E-state index is 13.4. The third-order valence-electron chi connectivity index (χ3n) is 5.88. The molecule has 5 nitrogen and oxygen atoms in total. The molecule has 1 aliphatic rings. The predicted octanol–water partition coefficient (Wildman–Crippen LogP) is 5.50. The fraction of sp³-hybridized carbons (Fsp3) is 0.462. The van der Waals surface area contributed by atoms with Gasteiger partial charge >= 0.3 is 0 Å². The molecule has 32 heavy (non-hydrogen) atoms. The summed E-state index contributed by atoms with van der Waals surface area (Å²) in [6.45, 7) is 14.6. The van der Waals surface area contributed by atoms with Gasteiger partial charge in [0.1, 0.15) is 5.75 Å². The van der Waals surface area contributed by atoms with Gasteiger partial charge in [-0.25, -0.2) is 0 Å². The maximum absolute atomic E-state index is 13.4. The van der Waals surface area contributed by atoms with Crippen molar-refractivity contribution < 1.29 is 9.90 Å². The summed E-state index contributed by atoms with van der Waals surface area (Å²) >= 11 is 5.94. The van der Waals surface area contributed by atoms with Crippen LogP contribution in [-0.2, 0) is 17.4 Å². The van der Waals surface area contributed by atoms with E-state index in [0.29, 0.717) is 24.6 Å². The van der Waals surface area contributed by atoms with Gasteiger partial charge in [-0.05, 0) is 28.5 Å². The second kappa shape index (κ2) is 9.14. The molecular formula is C26H34ClN3O2. The summed E-state index contributed by atoms with van der Waals surface area (Å²) in [6, 6.07) is 13.8. The number of nitrogens with zero attached hydrogens (tertiary/aromatic N) is 3. The molecule has 0 unspecified atom stereocenters. The lowest BCUT2D eigenvalue weighted by molar-refractivity contribution is 0.0966. The summed E-state index contributed by atoms with van der Waals surface area (Å²) in [4.78, 5) is 17.4. The van der Waals surface area contributed by atoms with E-state index in [-0.39, 0.29) is 28.9 Å². The van der Waals surface area contributed by atoms with E-state index in [4.69, 9.17) is 11.8 Å². The second-order valence-electron chi connectivity index (χ2n) is 10.6. The molecule has 0 spiro atoms. The quantitative estimate of drug-likeness (QED) is 0.605. The van der Waals surface area contributed by atoms with Crippen LogP contribution in [0, 0.1) is 0 Å². The van der Waals surface area contributed by atoms with E-state index in [2.05, 4.69) is 21.5 Å². The molecule has 1 saturated heterocycles. The van der Waals surface area contributed by atoms with Crippen LogP contribution in [0.5, 0.6) is 5.75 Å². The number of benzene rings is 2. The van der Waals surface area contributed by atoms with Crippen molar-refractivity contribution in [2.45, 2.75) is 58.9 Å². The fourth-order valence-corrected chi connectivity index (χ4v) is 4.27. The van der Waals surface area contributed by atoms with Gasteiger partial charge in [-0.2, -0.15) is 0 Å². The standard InChI is InChI=1S/C26H34ClN3O2/c1-25(2,3)20-14-19(15-21(23(20)32)26(4,5)6)22(31)17-30-13-12-29(24(30)28-27)16-18-10-8-7-9-11-18/h7-11,14-15,32H,12-13,16-17H2,1-6H3. The maximum Gasteiger partial charge on any atom is 0.215 e. The van der Waals surface area contributed by atoms with Crippen LogP contribution >= 0.6 is 11.8 Å². The minimum atomic E-state index is -0.288. The van der Waals surface area contributed by atoms with E-state index in [9.17, 15) is 9.90 Å². The van der Waals surface area contributed by atoms with Gasteiger partial charge in [-0.3, -0.25) is 4.79 Å². The number of halogens is 1. The average Bonchev–Trinajstić information content (AvgIpc) is 3.08. The summed E-state index contributed by atoms with van der Waals surface area (Å²) in [7, 11) is 0. The number of hydrogen-bond donors (Lipinski definition) is 1. The van der Waals surface area contributed by atoms with Gasteiger partial charge in [-0.1, -0.05) is 71.9 Å². The Balaban J connectivity index is 1.85. The number of ketones is 1. The van der Waals surface area contributed by atoms with Crippen LogP contribution in [0.2, 0.25) is 0 Å². The Morgan fingerprint density at radius 1 is 0.969 bits per heavy atom. The number of phenols is 1. The number of hydrogen-bond acceptors (Lipinski definition) is 3. The minimum Gasteiger partial charge on any atom is -0.507 e. The van der Waals surface area contributed by atoms with E-state index in [1.54, 1.807) is 0 Å². The SMILES string of the molecule is CC(C)(C)c1cc(C(=O)CN2CCN(Cc3ccccc3)C2=NCl)cc(C(C)(C)C)c1O. The zero-order valence-corrected chi connectivity index (χ0v) is 20.7. The molecule has 0 atom stereocenters. The number of Topliss-reactive ketones (excluding diaryl/α,β-unsaturated/α-hetero) is 1. The molecular weight excluding hydrogens is 422 g/mol. The minimum absolute atomic E-state index is 0.0135. The molecule has 172 valence electrons. The highest BCUT2D eigenvalue weighted by atomic mass is 35.5. The summed E-state index contributed by atoms with van der Waals surface area (Å²) in [5.74, 6) is 0.884. The summed E-state index contributed by atoms with van der Waals surface area (Å²) < 4.78 is 3.97. The molecule has 3 rings (SSSR count). The number of guanidine groups is 1. The molecule has 0 saturated carbocycles. The first-order chi connectivity index (χ1) is 14.9. The normalized spacial score (nSPS) is 16.2. The zero-order chi connectivity index (χ0) is 23.7. The van der Waals surface area contributed by atoms with Crippen LogP contribution in [0.1, 0.15) is 68.6 Å². The summed E-state index contributed by atoms with van der Waals surface area (Å²) in [5.41, 5.74) is 2.76. The van der Waals surface area contributed by atoms with Crippen LogP contribution in [0.3, 0.4) is 0 Å². The number of rotatable bonds is 5. The van der Waals surface area contributed by atoms with Crippen LogP contribution in [0.15, 0.2) is 47.0 Å². The van der Waals surface area contributed by atoms with Gasteiger partial charge in [-0.15, -0.1) is 4.51 Å². The van der Waals surface area contributed by atoms with Crippen LogP contribution < -0.4 is 0 Å². The van der Waals surface area contributed by atoms with Gasteiger partial charge in [0.05, 0.1) is 6.54 Å². The Hall–Kier alpha value is -2.53. The van der Waals surface area contributed by atoms with E-state index in [0.717, 1.165) is 17.7 Å². The molecule has 6 heteroatoms. The van der Waals surface area contributed by atoms with Crippen LogP contribution in [0.4, 0.5) is 0 Å². The van der Waals surface area contributed by atoms with E-state index in [1.807, 2.05) is 76.8 Å².